The Morgan fingerprint density at radius 3 is 2.21 bits per heavy atom. The van der Waals surface area contributed by atoms with Crippen LogP contribution in [0.15, 0.2) is 29.2 Å². The van der Waals surface area contributed by atoms with E-state index in [1.165, 1.54) is 24.3 Å². The lowest BCUT2D eigenvalue weighted by Crippen LogP contribution is -2.17. The molecule has 0 fully saturated rings. The zero-order valence-corrected chi connectivity index (χ0v) is 17.2. The standard InChI is InChI=1S/C15H18Br2N4O2S/c1-9-14(7-11(17)8-16)10(2)20-15(19-9)21-24(22,23)13-5-3-12(18)4-6-13/h3-6,11H,7-8,18H2,1-2H3,(H,19,20,21). The maximum Gasteiger partial charge on any atom is 0.264 e. The van der Waals surface area contributed by atoms with Gasteiger partial charge in [-0.2, -0.15) is 0 Å². The third kappa shape index (κ3) is 4.67. The molecule has 0 bridgehead atoms. The van der Waals surface area contributed by atoms with Crippen LogP contribution in [0.5, 0.6) is 0 Å². The maximum atomic E-state index is 12.4. The molecule has 0 amide bonds. The lowest BCUT2D eigenvalue weighted by atomic mass is 10.1. The summed E-state index contributed by atoms with van der Waals surface area (Å²) >= 11 is 6.98. The highest BCUT2D eigenvalue weighted by Crippen LogP contribution is 2.20. The molecule has 3 N–H and O–H groups in total. The van der Waals surface area contributed by atoms with Crippen LogP contribution in [0.1, 0.15) is 17.0 Å². The number of nitrogens with one attached hydrogen (secondary N) is 1. The third-order valence-electron chi connectivity index (χ3n) is 3.43. The van der Waals surface area contributed by atoms with E-state index in [2.05, 4.69) is 46.5 Å². The van der Waals surface area contributed by atoms with Gasteiger partial charge in [-0.1, -0.05) is 31.9 Å². The highest BCUT2D eigenvalue weighted by Gasteiger charge is 2.18. The molecule has 2 rings (SSSR count). The van der Waals surface area contributed by atoms with Crippen molar-refractivity contribution in [3.63, 3.8) is 0 Å². The Labute approximate surface area is 158 Å². The summed E-state index contributed by atoms with van der Waals surface area (Å²) in [5, 5.41) is 0.803. The molecule has 0 radical (unpaired) electrons. The van der Waals surface area contributed by atoms with Gasteiger partial charge in [-0.15, -0.1) is 0 Å². The number of halogens is 2. The van der Waals surface area contributed by atoms with Crippen molar-refractivity contribution in [1.29, 1.82) is 0 Å². The number of alkyl halides is 2. The predicted molar refractivity (Wildman–Crippen MR) is 103 cm³/mol. The van der Waals surface area contributed by atoms with Gasteiger partial charge in [0, 0.05) is 27.2 Å². The highest BCUT2D eigenvalue weighted by atomic mass is 79.9. The van der Waals surface area contributed by atoms with Crippen LogP contribution in [0.2, 0.25) is 0 Å². The number of hydrogen-bond acceptors (Lipinski definition) is 5. The smallest absolute Gasteiger partial charge is 0.264 e. The summed E-state index contributed by atoms with van der Waals surface area (Å²) < 4.78 is 27.2. The Morgan fingerprint density at radius 1 is 1.17 bits per heavy atom. The van der Waals surface area contributed by atoms with Crippen molar-refractivity contribution in [2.75, 3.05) is 15.8 Å². The molecule has 130 valence electrons. The fraction of sp³-hybridized carbons (Fsp3) is 0.333. The van der Waals surface area contributed by atoms with Crippen LogP contribution in [0, 0.1) is 13.8 Å². The largest absolute Gasteiger partial charge is 0.399 e. The van der Waals surface area contributed by atoms with Gasteiger partial charge in [-0.3, -0.25) is 0 Å². The fourth-order valence-corrected chi connectivity index (χ4v) is 3.68. The number of anilines is 2. The molecule has 1 aromatic heterocycles. The number of aromatic nitrogens is 2. The maximum absolute atomic E-state index is 12.4. The third-order valence-corrected chi connectivity index (χ3v) is 7.07. The Hall–Kier alpha value is -1.19. The van der Waals surface area contributed by atoms with E-state index in [0.29, 0.717) is 5.69 Å². The zero-order valence-electron chi connectivity index (χ0n) is 13.3. The minimum absolute atomic E-state index is 0.0653. The molecule has 0 aliphatic rings. The van der Waals surface area contributed by atoms with E-state index in [0.717, 1.165) is 28.7 Å². The second-order valence-electron chi connectivity index (χ2n) is 5.33. The molecule has 6 nitrogen and oxygen atoms in total. The van der Waals surface area contributed by atoms with Gasteiger partial charge in [0.15, 0.2) is 0 Å². The zero-order chi connectivity index (χ0) is 17.9. The summed E-state index contributed by atoms with van der Waals surface area (Å²) in [6.07, 6.45) is 0.758. The Balaban J connectivity index is 2.28. The van der Waals surface area contributed by atoms with Crippen LogP contribution in [-0.4, -0.2) is 28.5 Å². The molecule has 1 aromatic carbocycles. The molecule has 1 atom stereocenters. The van der Waals surface area contributed by atoms with Crippen molar-refractivity contribution in [3.05, 3.63) is 41.2 Å². The van der Waals surface area contributed by atoms with Gasteiger partial charge in [-0.05, 0) is 50.1 Å². The molecule has 0 saturated heterocycles. The van der Waals surface area contributed by atoms with Gasteiger partial charge in [0.1, 0.15) is 0 Å². The Kier molecular flexibility index (Phi) is 6.22. The first-order valence-corrected chi connectivity index (χ1v) is 10.7. The number of nitrogens with two attached hydrogens (primary N) is 1. The summed E-state index contributed by atoms with van der Waals surface area (Å²) in [4.78, 5) is 8.95. The predicted octanol–water partition coefficient (Wildman–Crippen LogP) is 3.18. The van der Waals surface area contributed by atoms with Crippen LogP contribution in [-0.2, 0) is 16.4 Å². The van der Waals surface area contributed by atoms with E-state index in [9.17, 15) is 8.42 Å². The van der Waals surface area contributed by atoms with Gasteiger partial charge in [0.25, 0.3) is 10.0 Å². The summed E-state index contributed by atoms with van der Waals surface area (Å²) in [6, 6.07) is 5.95. The molecular formula is C15H18Br2N4O2S. The number of aryl methyl sites for hydroxylation is 2. The molecule has 9 heteroatoms. The highest BCUT2D eigenvalue weighted by molar-refractivity contribution is 9.12. The van der Waals surface area contributed by atoms with E-state index in [4.69, 9.17) is 5.73 Å². The van der Waals surface area contributed by atoms with Crippen LogP contribution in [0.3, 0.4) is 0 Å². The monoisotopic (exact) mass is 476 g/mol. The van der Waals surface area contributed by atoms with E-state index in [1.54, 1.807) is 0 Å². The number of hydrogen-bond donors (Lipinski definition) is 2. The fourth-order valence-electron chi connectivity index (χ4n) is 2.18. The van der Waals surface area contributed by atoms with Gasteiger partial charge in [0.2, 0.25) is 5.95 Å². The molecule has 1 heterocycles. The van der Waals surface area contributed by atoms with Gasteiger partial charge < -0.3 is 5.73 Å². The van der Waals surface area contributed by atoms with Gasteiger partial charge in [-0.25, -0.2) is 23.1 Å². The van der Waals surface area contributed by atoms with Crippen molar-refractivity contribution in [1.82, 2.24) is 9.97 Å². The number of nitrogen functional groups attached to an aromatic ring is 1. The first kappa shape index (κ1) is 19.1. The SMILES string of the molecule is Cc1nc(NS(=O)(=O)c2ccc(N)cc2)nc(C)c1CC(Br)CBr. The molecule has 0 spiro atoms. The van der Waals surface area contributed by atoms with Gasteiger partial charge >= 0.3 is 0 Å². The average Bonchev–Trinajstić information content (AvgIpc) is 2.50. The number of nitrogens with zero attached hydrogens (tertiary/aromatic N) is 2. The average molecular weight is 478 g/mol. The van der Waals surface area contributed by atoms with E-state index in [1.807, 2.05) is 13.8 Å². The molecule has 0 aliphatic carbocycles. The van der Waals surface area contributed by atoms with Crippen molar-refractivity contribution < 1.29 is 8.42 Å². The number of benzene rings is 1. The quantitative estimate of drug-likeness (QED) is 0.491. The first-order chi connectivity index (χ1) is 11.2. The minimum atomic E-state index is -3.75. The van der Waals surface area contributed by atoms with Crippen LogP contribution < -0.4 is 10.5 Å². The molecule has 0 aliphatic heterocycles. The Morgan fingerprint density at radius 2 is 1.71 bits per heavy atom. The summed E-state index contributed by atoms with van der Waals surface area (Å²) in [6.45, 7) is 3.69. The summed E-state index contributed by atoms with van der Waals surface area (Å²) in [7, 11) is -3.75. The molecule has 1 unspecified atom stereocenters. The normalized spacial score (nSPS) is 12.8. The molecule has 0 saturated carbocycles. The lowest BCUT2D eigenvalue weighted by molar-refractivity contribution is 0.600. The molecule has 24 heavy (non-hydrogen) atoms. The second-order valence-corrected chi connectivity index (χ2v) is 8.95. The van der Waals surface area contributed by atoms with Crippen LogP contribution >= 0.6 is 31.9 Å². The van der Waals surface area contributed by atoms with E-state index >= 15 is 0 Å². The molecule has 2 aromatic rings. The second kappa shape index (κ2) is 7.79. The van der Waals surface area contributed by atoms with Crippen molar-refractivity contribution in [2.45, 2.75) is 30.0 Å². The van der Waals surface area contributed by atoms with Crippen molar-refractivity contribution in [3.8, 4) is 0 Å². The lowest BCUT2D eigenvalue weighted by Gasteiger charge is -2.14. The summed E-state index contributed by atoms with van der Waals surface area (Å²) in [5.41, 5.74) is 8.59. The topological polar surface area (TPSA) is 98.0 Å². The van der Waals surface area contributed by atoms with Gasteiger partial charge in [0.05, 0.1) is 4.90 Å². The van der Waals surface area contributed by atoms with E-state index in [-0.39, 0.29) is 15.7 Å². The van der Waals surface area contributed by atoms with E-state index < -0.39 is 10.0 Å². The minimum Gasteiger partial charge on any atom is -0.399 e. The summed E-state index contributed by atoms with van der Waals surface area (Å²) in [5.74, 6) is 0.0653. The molecular weight excluding hydrogens is 460 g/mol. The first-order valence-electron chi connectivity index (χ1n) is 7.15. The van der Waals surface area contributed by atoms with Crippen molar-refractivity contribution >= 4 is 53.5 Å². The van der Waals surface area contributed by atoms with Crippen LogP contribution in [0.4, 0.5) is 11.6 Å². The number of sulfonamides is 1. The number of rotatable bonds is 6. The van der Waals surface area contributed by atoms with Crippen molar-refractivity contribution in [2.24, 2.45) is 0 Å². The Bertz CT molecular complexity index is 803. The van der Waals surface area contributed by atoms with Crippen LogP contribution in [0.25, 0.3) is 0 Å².